The third kappa shape index (κ3) is 9.40. The summed E-state index contributed by atoms with van der Waals surface area (Å²) in [5, 5.41) is 19.6. The minimum Gasteiger partial charge on any atom is -0.477 e. The lowest BCUT2D eigenvalue weighted by Gasteiger charge is -2.15. The number of aromatic carboxylic acids is 1. The van der Waals surface area contributed by atoms with Crippen LogP contribution in [-0.2, 0) is 28.8 Å². The van der Waals surface area contributed by atoms with Gasteiger partial charge in [-0.1, -0.05) is 23.2 Å². The van der Waals surface area contributed by atoms with Crippen molar-refractivity contribution in [1.29, 1.82) is 0 Å². The number of hydrogen-bond acceptors (Lipinski definition) is 10. The Bertz CT molecular complexity index is 2050. The van der Waals surface area contributed by atoms with Crippen molar-refractivity contribution in [2.45, 2.75) is 37.0 Å². The number of nitro benzene ring substituents is 1. The molecule has 0 unspecified atom stereocenters. The predicted octanol–water partition coefficient (Wildman–Crippen LogP) is 7.55. The number of nitrogens with zero attached hydrogens (tertiary/aromatic N) is 4. The van der Waals surface area contributed by atoms with Gasteiger partial charge in [-0.25, -0.2) is 18.9 Å². The van der Waals surface area contributed by atoms with Gasteiger partial charge in [0.2, 0.25) is 4.80 Å². The fraction of sp³-hybridized carbons (Fsp3) is 0.241. The number of fused-ring (bicyclic) bond motifs is 1. The molecule has 1 N–H and O–H groups in total. The molecule has 0 atom stereocenters. The Morgan fingerprint density at radius 3 is 2.39 bits per heavy atom. The number of methoxy groups -OCH3 is 1. The zero-order valence-electron chi connectivity index (χ0n) is 24.8. The minimum atomic E-state index is -4.58. The van der Waals surface area contributed by atoms with E-state index in [1.165, 1.54) is 13.2 Å². The molecule has 3 aromatic carbocycles. The molecule has 5 rings (SSSR count). The number of halogens is 6. The highest BCUT2D eigenvalue weighted by molar-refractivity contribution is 8.00. The van der Waals surface area contributed by atoms with Crippen molar-refractivity contribution in [2.75, 3.05) is 12.9 Å². The number of carboxylic acids is 1. The van der Waals surface area contributed by atoms with Crippen molar-refractivity contribution in [1.82, 2.24) is 9.36 Å². The van der Waals surface area contributed by atoms with E-state index in [2.05, 4.69) is 9.73 Å². The quantitative estimate of drug-likeness (QED) is 0.0629. The number of nitro groups is 1. The maximum Gasteiger partial charge on any atom is 0.416 e. The highest BCUT2D eigenvalue weighted by Gasteiger charge is 2.31. The largest absolute Gasteiger partial charge is 0.477 e. The number of benzene rings is 3. The van der Waals surface area contributed by atoms with Crippen LogP contribution < -0.4 is 14.4 Å². The standard InChI is InChI=1S/C15H15ClFN3O3S2.C14H7ClF3NO5/c1-23-13(21)8-24-12-7-11(10(17)6-9(12)16)18-14-19-4-2-3-5-20(19)15(22)25-14;15-10-5-7(14(16,17)18)1-4-12(10)24-8-2-3-11(19(22)23)9(6-8)13(20)21/h6-7H,2-5,8H2,1H3;1-6H,(H,20,21)/b18-14-;. The number of esters is 1. The number of thioether (sulfide) groups is 1. The van der Waals surface area contributed by atoms with Gasteiger partial charge in [-0.05, 0) is 60.6 Å². The molecule has 1 aliphatic rings. The number of carbonyl (C=O) groups excluding carboxylic acids is 1. The maximum atomic E-state index is 14.3. The van der Waals surface area contributed by atoms with Crippen molar-refractivity contribution in [3.63, 3.8) is 0 Å². The Labute approximate surface area is 291 Å². The molecule has 0 aliphatic carbocycles. The molecule has 0 amide bonds. The average Bonchev–Trinajstić information content (AvgIpc) is 3.36. The summed E-state index contributed by atoms with van der Waals surface area (Å²) in [5.41, 5.74) is -2.16. The molecule has 0 bridgehead atoms. The first-order chi connectivity index (χ1) is 23.1. The molecule has 0 radical (unpaired) electrons. The van der Waals surface area contributed by atoms with Crippen LogP contribution in [0.1, 0.15) is 28.8 Å². The predicted molar refractivity (Wildman–Crippen MR) is 172 cm³/mol. The van der Waals surface area contributed by atoms with Gasteiger partial charge in [0.15, 0.2) is 0 Å². The molecular formula is C29H22Cl2F4N4O8S2. The Balaban J connectivity index is 0.000000221. The molecule has 0 saturated heterocycles. The number of ether oxygens (including phenoxy) is 2. The van der Waals surface area contributed by atoms with E-state index in [9.17, 15) is 42.1 Å². The lowest BCUT2D eigenvalue weighted by atomic mass is 10.1. The SMILES string of the molecule is COC(=O)CSc1cc(/N=c2\sc(=O)n3n2CCCC3)c(F)cc1Cl.O=C(O)c1cc(Oc2ccc(C(F)(F)F)cc2Cl)ccc1[N+](=O)[O-]. The third-order valence-corrected chi connectivity index (χ3v) is 9.18. The Morgan fingerprint density at radius 1 is 1.08 bits per heavy atom. The van der Waals surface area contributed by atoms with E-state index in [4.69, 9.17) is 33.0 Å². The van der Waals surface area contributed by atoms with Gasteiger partial charge in [0.05, 0.1) is 33.4 Å². The molecule has 1 aliphatic heterocycles. The maximum absolute atomic E-state index is 14.3. The normalized spacial score (nSPS) is 12.8. The van der Waals surface area contributed by atoms with Gasteiger partial charge >= 0.3 is 23.0 Å². The monoisotopic (exact) mass is 764 g/mol. The summed E-state index contributed by atoms with van der Waals surface area (Å²) in [4.78, 5) is 49.4. The van der Waals surface area contributed by atoms with Crippen molar-refractivity contribution in [2.24, 2.45) is 4.99 Å². The van der Waals surface area contributed by atoms with Gasteiger partial charge in [-0.3, -0.25) is 24.4 Å². The van der Waals surface area contributed by atoms with E-state index in [-0.39, 0.29) is 37.9 Å². The Morgan fingerprint density at radius 2 is 1.78 bits per heavy atom. The van der Waals surface area contributed by atoms with Crippen molar-refractivity contribution in [3.05, 3.63) is 100 Å². The van der Waals surface area contributed by atoms with Crippen LogP contribution in [0.2, 0.25) is 10.0 Å². The molecular weight excluding hydrogens is 743 g/mol. The van der Waals surface area contributed by atoms with Crippen molar-refractivity contribution >= 4 is 69.6 Å². The number of carboxylic acid groups (broad SMARTS) is 1. The smallest absolute Gasteiger partial charge is 0.416 e. The van der Waals surface area contributed by atoms with Gasteiger partial charge < -0.3 is 14.6 Å². The van der Waals surface area contributed by atoms with Gasteiger partial charge in [0, 0.05) is 30.1 Å². The highest BCUT2D eigenvalue weighted by atomic mass is 35.5. The fourth-order valence-corrected chi connectivity index (χ4v) is 6.43. The highest BCUT2D eigenvalue weighted by Crippen LogP contribution is 2.37. The second kappa shape index (κ2) is 15.9. The summed E-state index contributed by atoms with van der Waals surface area (Å²) in [6.07, 6.45) is -2.68. The molecule has 2 heterocycles. The van der Waals surface area contributed by atoms with Crippen molar-refractivity contribution < 1.29 is 46.7 Å². The summed E-state index contributed by atoms with van der Waals surface area (Å²) < 4.78 is 65.2. The molecule has 260 valence electrons. The van der Waals surface area contributed by atoms with Gasteiger partial charge in [-0.15, -0.1) is 11.8 Å². The second-order valence-corrected chi connectivity index (χ2v) is 12.6. The van der Waals surface area contributed by atoms with Gasteiger partial charge in [-0.2, -0.15) is 13.2 Å². The molecule has 1 aromatic heterocycles. The molecule has 12 nitrogen and oxygen atoms in total. The molecule has 0 spiro atoms. The average molecular weight is 766 g/mol. The number of alkyl halides is 3. The van der Waals surface area contributed by atoms with Gasteiger partial charge in [0.1, 0.15) is 28.6 Å². The van der Waals surface area contributed by atoms with Crippen LogP contribution in [0.5, 0.6) is 11.5 Å². The first kappa shape index (κ1) is 37.4. The summed E-state index contributed by atoms with van der Waals surface area (Å²) in [6, 6.07) is 7.91. The summed E-state index contributed by atoms with van der Waals surface area (Å²) >= 11 is 13.9. The van der Waals surface area contributed by atoms with E-state index in [0.29, 0.717) is 28.9 Å². The zero-order valence-corrected chi connectivity index (χ0v) is 28.0. The van der Waals surface area contributed by atoms with E-state index in [1.54, 1.807) is 9.36 Å². The molecule has 0 saturated carbocycles. The topological polar surface area (TPSA) is 155 Å². The van der Waals surface area contributed by atoms with Crippen LogP contribution in [-0.4, -0.2) is 44.2 Å². The molecule has 4 aromatic rings. The van der Waals surface area contributed by atoms with E-state index in [1.807, 2.05) is 0 Å². The van der Waals surface area contributed by atoms with Crippen molar-refractivity contribution in [3.8, 4) is 11.5 Å². The van der Waals surface area contributed by atoms with E-state index < -0.39 is 45.7 Å². The number of aromatic nitrogens is 2. The van der Waals surface area contributed by atoms with Crippen LogP contribution in [0.25, 0.3) is 0 Å². The molecule has 49 heavy (non-hydrogen) atoms. The summed E-state index contributed by atoms with van der Waals surface area (Å²) in [6.45, 7) is 1.32. The third-order valence-electron chi connectivity index (χ3n) is 6.56. The lowest BCUT2D eigenvalue weighted by Crippen LogP contribution is -2.31. The van der Waals surface area contributed by atoms with Crippen LogP contribution in [0.4, 0.5) is 28.9 Å². The minimum absolute atomic E-state index is 0.0605. The van der Waals surface area contributed by atoms with Crippen LogP contribution in [0.3, 0.4) is 0 Å². The second-order valence-electron chi connectivity index (χ2n) is 9.80. The molecule has 0 fully saturated rings. The number of rotatable bonds is 8. The first-order valence-corrected chi connectivity index (χ1v) is 16.2. The van der Waals surface area contributed by atoms with Crippen LogP contribution in [0, 0.1) is 15.9 Å². The number of carbonyl (C=O) groups is 2. The summed E-state index contributed by atoms with van der Waals surface area (Å²) in [7, 11) is 1.30. The fourth-order valence-electron chi connectivity index (χ4n) is 4.23. The first-order valence-electron chi connectivity index (χ1n) is 13.7. The van der Waals surface area contributed by atoms with E-state index >= 15 is 0 Å². The lowest BCUT2D eigenvalue weighted by molar-refractivity contribution is -0.385. The van der Waals surface area contributed by atoms with Gasteiger partial charge in [0.25, 0.3) is 5.69 Å². The van der Waals surface area contributed by atoms with Crippen LogP contribution >= 0.6 is 46.3 Å². The summed E-state index contributed by atoms with van der Waals surface area (Å²) in [5.74, 6) is -2.76. The van der Waals surface area contributed by atoms with Crippen LogP contribution in [0.15, 0.2) is 63.2 Å². The number of hydrogen-bond donors (Lipinski definition) is 1. The zero-order chi connectivity index (χ0) is 36.0. The Kier molecular flexibility index (Phi) is 12.1. The Hall–Kier alpha value is -4.39. The molecule has 20 heteroatoms. The van der Waals surface area contributed by atoms with E-state index in [0.717, 1.165) is 72.3 Å².